The van der Waals surface area contributed by atoms with Crippen LogP contribution in [0.25, 0.3) is 0 Å². The molecule has 0 saturated heterocycles. The van der Waals surface area contributed by atoms with Gasteiger partial charge in [-0.3, -0.25) is 14.2 Å². The minimum absolute atomic E-state index is 0.0368. The zero-order chi connectivity index (χ0) is 51.3. The average Bonchev–Trinajstić information content (AvgIpc) is 3.32. The van der Waals surface area contributed by atoms with E-state index in [-0.39, 0.29) is 26.1 Å². The lowest BCUT2D eigenvalue weighted by atomic mass is 10.1. The number of unbranched alkanes of at least 4 members (excludes halogenated alkanes) is 26. The third-order valence-electron chi connectivity index (χ3n) is 12.2. The number of allylic oxidation sites excluding steroid dienone is 12. The molecule has 0 bridgehead atoms. The summed E-state index contributed by atoms with van der Waals surface area (Å²) in [5.41, 5.74) is 0. The molecule has 0 aliphatic rings. The molecule has 0 saturated carbocycles. The summed E-state index contributed by atoms with van der Waals surface area (Å²) in [6, 6.07) is 0. The van der Waals surface area contributed by atoms with Gasteiger partial charge in [0.05, 0.1) is 27.7 Å². The van der Waals surface area contributed by atoms with Crippen LogP contribution < -0.4 is 4.89 Å². The summed E-state index contributed by atoms with van der Waals surface area (Å²) in [6.07, 6.45) is 66.5. The minimum Gasteiger partial charge on any atom is -0.756 e. The highest BCUT2D eigenvalue weighted by atomic mass is 31.2. The van der Waals surface area contributed by atoms with Crippen LogP contribution in [0.2, 0.25) is 0 Å². The molecule has 2 atom stereocenters. The van der Waals surface area contributed by atoms with E-state index in [0.717, 1.165) is 83.5 Å². The second kappa shape index (κ2) is 51.4. The number of likely N-dealkylation sites (N-methyl/N-ethyl adjacent to an activating group) is 1. The van der Waals surface area contributed by atoms with Crippen molar-refractivity contribution in [1.29, 1.82) is 0 Å². The standard InChI is InChI=1S/C60H108NO8P/c1-6-8-10-12-14-16-18-20-22-24-26-28-30-32-34-36-38-40-42-44-46-48-50-52-59(62)66-56-58(57-68-70(64,65)67-55-54-61(3,4)5)69-60(63)53-51-49-47-45-43-41-39-37-35-33-31-29-27-25-23-21-19-17-15-13-11-9-7-2/h18-21,24-27,30-33,58H,6-17,22-23,28-29,34-57H2,1-5H3/b20-18-,21-19-,26-24-,27-25-,32-30-,33-31-. The van der Waals surface area contributed by atoms with Gasteiger partial charge in [0.15, 0.2) is 6.10 Å². The highest BCUT2D eigenvalue weighted by Gasteiger charge is 2.21. The summed E-state index contributed by atoms with van der Waals surface area (Å²) < 4.78 is 34.1. The number of hydrogen-bond acceptors (Lipinski definition) is 8. The predicted molar refractivity (Wildman–Crippen MR) is 296 cm³/mol. The van der Waals surface area contributed by atoms with Crippen molar-refractivity contribution in [2.45, 2.75) is 251 Å². The van der Waals surface area contributed by atoms with Gasteiger partial charge in [0.2, 0.25) is 0 Å². The number of phosphoric ester groups is 1. The van der Waals surface area contributed by atoms with E-state index in [2.05, 4.69) is 86.8 Å². The molecule has 406 valence electrons. The van der Waals surface area contributed by atoms with Gasteiger partial charge < -0.3 is 27.9 Å². The van der Waals surface area contributed by atoms with E-state index in [9.17, 15) is 19.0 Å². The third-order valence-corrected chi connectivity index (χ3v) is 13.2. The second-order valence-corrected chi connectivity index (χ2v) is 21.7. The molecule has 0 aliphatic carbocycles. The van der Waals surface area contributed by atoms with Gasteiger partial charge >= 0.3 is 11.9 Å². The van der Waals surface area contributed by atoms with Gasteiger partial charge in [0.25, 0.3) is 7.82 Å². The Hall–Kier alpha value is -2.55. The molecule has 70 heavy (non-hydrogen) atoms. The van der Waals surface area contributed by atoms with Crippen LogP contribution in [-0.4, -0.2) is 70.0 Å². The molecule has 9 nitrogen and oxygen atoms in total. The van der Waals surface area contributed by atoms with Gasteiger partial charge in [-0.2, -0.15) is 0 Å². The predicted octanol–water partition coefficient (Wildman–Crippen LogP) is 17.1. The van der Waals surface area contributed by atoms with Gasteiger partial charge in [-0.25, -0.2) is 0 Å². The van der Waals surface area contributed by atoms with E-state index in [1.807, 2.05) is 21.1 Å². The van der Waals surface area contributed by atoms with E-state index in [0.29, 0.717) is 17.4 Å². The fourth-order valence-corrected chi connectivity index (χ4v) is 8.46. The number of esters is 2. The molecule has 0 aromatic carbocycles. The summed E-state index contributed by atoms with van der Waals surface area (Å²) in [5, 5.41) is 0. The number of phosphoric acid groups is 1. The van der Waals surface area contributed by atoms with Crippen LogP contribution in [0.1, 0.15) is 245 Å². The SMILES string of the molecule is CCCCCCC/C=C\C/C=C\C/C=C\CCCCCCCCCCC(=O)OCC(COP(=O)([O-])OCC[N+](C)(C)C)OC(=O)CCCCCCCCCC/C=C\C/C=C\C/C=C\CCCCCCC. The van der Waals surface area contributed by atoms with Crippen LogP contribution in [0.5, 0.6) is 0 Å². The fourth-order valence-electron chi connectivity index (χ4n) is 7.73. The first-order chi connectivity index (χ1) is 34.0. The molecule has 0 heterocycles. The van der Waals surface area contributed by atoms with E-state index < -0.39 is 32.5 Å². The maximum absolute atomic E-state index is 12.8. The maximum Gasteiger partial charge on any atom is 0.306 e. The second-order valence-electron chi connectivity index (χ2n) is 20.3. The zero-order valence-corrected chi connectivity index (χ0v) is 46.8. The van der Waals surface area contributed by atoms with Crippen LogP contribution in [0.4, 0.5) is 0 Å². The highest BCUT2D eigenvalue weighted by molar-refractivity contribution is 7.45. The van der Waals surface area contributed by atoms with Gasteiger partial charge in [-0.1, -0.05) is 215 Å². The van der Waals surface area contributed by atoms with Crippen LogP contribution >= 0.6 is 7.82 Å². The molecule has 0 amide bonds. The normalized spacial score (nSPS) is 13.9. The minimum atomic E-state index is -4.64. The molecular formula is C60H108NO8P. The number of rotatable bonds is 52. The first kappa shape index (κ1) is 67.5. The third kappa shape index (κ3) is 54.8. The Morgan fingerprint density at radius 3 is 1.14 bits per heavy atom. The molecule has 0 aromatic rings. The van der Waals surface area contributed by atoms with Gasteiger partial charge in [0.1, 0.15) is 19.8 Å². The van der Waals surface area contributed by atoms with Gasteiger partial charge in [-0.05, 0) is 89.9 Å². The first-order valence-electron chi connectivity index (χ1n) is 28.6. The number of carbonyl (C=O) groups is 2. The van der Waals surface area contributed by atoms with Crippen molar-refractivity contribution in [2.24, 2.45) is 0 Å². The van der Waals surface area contributed by atoms with Crippen molar-refractivity contribution in [3.05, 3.63) is 72.9 Å². The number of hydrogen-bond donors (Lipinski definition) is 0. The molecule has 0 fully saturated rings. The number of ether oxygens (including phenoxy) is 2. The van der Waals surface area contributed by atoms with Crippen molar-refractivity contribution in [1.82, 2.24) is 0 Å². The zero-order valence-electron chi connectivity index (χ0n) is 46.0. The number of quaternary nitrogens is 1. The van der Waals surface area contributed by atoms with Gasteiger partial charge in [-0.15, -0.1) is 0 Å². The smallest absolute Gasteiger partial charge is 0.306 e. The molecule has 2 unspecified atom stereocenters. The van der Waals surface area contributed by atoms with Crippen molar-refractivity contribution in [3.63, 3.8) is 0 Å². The fraction of sp³-hybridized carbons (Fsp3) is 0.767. The summed E-state index contributed by atoms with van der Waals surface area (Å²) in [7, 11) is 1.15. The lowest BCUT2D eigenvalue weighted by Gasteiger charge is -2.28. The molecule has 10 heteroatoms. The topological polar surface area (TPSA) is 111 Å². The Labute approximate surface area is 431 Å². The first-order valence-corrected chi connectivity index (χ1v) is 30.1. The molecule has 0 radical (unpaired) electrons. The Bertz CT molecular complexity index is 1410. The maximum atomic E-state index is 12.8. The molecule has 0 spiro atoms. The van der Waals surface area contributed by atoms with E-state index in [4.69, 9.17) is 18.5 Å². The van der Waals surface area contributed by atoms with Crippen LogP contribution in [0.3, 0.4) is 0 Å². The monoisotopic (exact) mass is 1000 g/mol. The average molecular weight is 1000 g/mol. The summed E-state index contributed by atoms with van der Waals surface area (Å²) >= 11 is 0. The quantitative estimate of drug-likeness (QED) is 0.0195. The number of nitrogens with zero attached hydrogens (tertiary/aromatic N) is 1. The van der Waals surface area contributed by atoms with E-state index in [1.54, 1.807) is 0 Å². The Kier molecular flexibility index (Phi) is 49.5. The Balaban J connectivity index is 4.24. The number of carbonyl (C=O) groups excluding carboxylic acids is 2. The largest absolute Gasteiger partial charge is 0.756 e. The van der Waals surface area contributed by atoms with E-state index in [1.165, 1.54) is 128 Å². The van der Waals surface area contributed by atoms with Crippen LogP contribution in [0.15, 0.2) is 72.9 Å². The van der Waals surface area contributed by atoms with Crippen LogP contribution in [0, 0.1) is 0 Å². The Morgan fingerprint density at radius 2 is 0.771 bits per heavy atom. The lowest BCUT2D eigenvalue weighted by molar-refractivity contribution is -0.870. The molecular weight excluding hydrogens is 894 g/mol. The van der Waals surface area contributed by atoms with Crippen molar-refractivity contribution < 1.29 is 42.1 Å². The lowest BCUT2D eigenvalue weighted by Crippen LogP contribution is -2.37. The molecule has 0 aliphatic heterocycles. The van der Waals surface area contributed by atoms with Crippen molar-refractivity contribution >= 4 is 19.8 Å². The molecule has 0 rings (SSSR count). The Morgan fingerprint density at radius 1 is 0.443 bits per heavy atom. The van der Waals surface area contributed by atoms with Crippen LogP contribution in [-0.2, 0) is 32.7 Å². The van der Waals surface area contributed by atoms with E-state index >= 15 is 0 Å². The van der Waals surface area contributed by atoms with Crippen molar-refractivity contribution in [3.8, 4) is 0 Å². The molecule has 0 N–H and O–H groups in total. The van der Waals surface area contributed by atoms with Gasteiger partial charge in [0, 0.05) is 12.8 Å². The summed E-state index contributed by atoms with van der Waals surface area (Å²) in [6.45, 7) is 4.21. The summed E-state index contributed by atoms with van der Waals surface area (Å²) in [5.74, 6) is -0.849. The summed E-state index contributed by atoms with van der Waals surface area (Å²) in [4.78, 5) is 37.9. The van der Waals surface area contributed by atoms with Crippen molar-refractivity contribution in [2.75, 3.05) is 47.5 Å². The molecule has 0 aromatic heterocycles. The highest BCUT2D eigenvalue weighted by Crippen LogP contribution is 2.38.